The molecule has 4 heteroatoms. The number of carbonyl (C=O) groups excluding carboxylic acids is 1. The highest BCUT2D eigenvalue weighted by atomic mass is 16.5. The number of aliphatic hydroxyl groups is 1. The van der Waals surface area contributed by atoms with Crippen LogP contribution < -0.4 is 4.74 Å². The van der Waals surface area contributed by atoms with Crippen molar-refractivity contribution in [2.45, 2.75) is 54.6 Å². The third-order valence-electron chi connectivity index (χ3n) is 7.15. The van der Waals surface area contributed by atoms with E-state index in [1.165, 1.54) is 38.9 Å². The minimum absolute atomic E-state index is 0. The van der Waals surface area contributed by atoms with Crippen molar-refractivity contribution >= 4 is 5.78 Å². The minimum Gasteiger partial charge on any atom is -0.489 e. The van der Waals surface area contributed by atoms with Gasteiger partial charge in [-0.2, -0.15) is 0 Å². The molecule has 0 aliphatic heterocycles. The maximum absolute atomic E-state index is 12.5. The van der Waals surface area contributed by atoms with E-state index in [2.05, 4.69) is 101 Å². The van der Waals surface area contributed by atoms with Crippen LogP contribution in [0.1, 0.15) is 68.7 Å². The van der Waals surface area contributed by atoms with Crippen LogP contribution in [0.4, 0.5) is 0 Å². The topological polar surface area (TPSA) is 78.0 Å². The predicted octanol–water partition coefficient (Wildman–Crippen LogP) is 9.37. The molecule has 5 rings (SSSR count). The lowest BCUT2D eigenvalue weighted by molar-refractivity contribution is 0.103. The molecule has 0 amide bonds. The van der Waals surface area contributed by atoms with Crippen molar-refractivity contribution in [3.8, 4) is 5.75 Å². The Bertz CT molecular complexity index is 1520. The Labute approximate surface area is 276 Å². The number of rotatable bonds is 7. The van der Waals surface area contributed by atoms with Crippen molar-refractivity contribution in [1.82, 2.24) is 0 Å². The first kappa shape index (κ1) is 39.3. The van der Waals surface area contributed by atoms with Gasteiger partial charge in [-0.25, -0.2) is 0 Å². The molecule has 4 nitrogen and oxygen atoms in total. The SMILES string of the molecule is C=CC.CCO.Cc1cc(C)c(COc2ccc(C(=O)c3ccccc3)cc2)c(C)c1C.O.c1ccc(Cc2ccccc2)cc1. The lowest BCUT2D eigenvalue weighted by Crippen LogP contribution is -2.04. The molecule has 0 aliphatic carbocycles. The van der Waals surface area contributed by atoms with Crippen LogP contribution in [0.3, 0.4) is 0 Å². The monoisotopic (exact) mass is 618 g/mol. The van der Waals surface area contributed by atoms with E-state index in [9.17, 15) is 4.79 Å². The van der Waals surface area contributed by atoms with E-state index >= 15 is 0 Å². The zero-order valence-electron chi connectivity index (χ0n) is 28.2. The van der Waals surface area contributed by atoms with E-state index < -0.39 is 0 Å². The van der Waals surface area contributed by atoms with E-state index in [1.807, 2.05) is 61.5 Å². The third-order valence-corrected chi connectivity index (χ3v) is 7.15. The number of aryl methyl sites for hydroxylation is 2. The second-order valence-corrected chi connectivity index (χ2v) is 10.6. The number of carbonyl (C=O) groups is 1. The van der Waals surface area contributed by atoms with E-state index in [0.29, 0.717) is 17.7 Å². The van der Waals surface area contributed by atoms with Crippen LogP contribution in [0.15, 0.2) is 134 Å². The zero-order chi connectivity index (χ0) is 33.0. The van der Waals surface area contributed by atoms with Gasteiger partial charge in [0.05, 0.1) is 0 Å². The fourth-order valence-electron chi connectivity index (χ4n) is 4.60. The zero-order valence-corrected chi connectivity index (χ0v) is 28.2. The van der Waals surface area contributed by atoms with Crippen molar-refractivity contribution in [1.29, 1.82) is 0 Å². The van der Waals surface area contributed by atoms with Gasteiger partial charge in [0.1, 0.15) is 12.4 Å². The first-order chi connectivity index (χ1) is 21.7. The van der Waals surface area contributed by atoms with E-state index in [4.69, 9.17) is 9.84 Å². The first-order valence-corrected chi connectivity index (χ1v) is 15.4. The Kier molecular flexibility index (Phi) is 18.6. The third kappa shape index (κ3) is 13.1. The highest BCUT2D eigenvalue weighted by molar-refractivity contribution is 6.08. The summed E-state index contributed by atoms with van der Waals surface area (Å²) in [6.45, 7) is 16.3. The molecular weight excluding hydrogens is 568 g/mol. The van der Waals surface area contributed by atoms with Crippen LogP contribution in [-0.4, -0.2) is 23.0 Å². The van der Waals surface area contributed by atoms with E-state index in [-0.39, 0.29) is 17.9 Å². The van der Waals surface area contributed by atoms with Crippen molar-refractivity contribution in [3.05, 3.63) is 184 Å². The Morgan fingerprint density at radius 1 is 0.696 bits per heavy atom. The molecule has 0 saturated heterocycles. The van der Waals surface area contributed by atoms with Crippen molar-refractivity contribution < 1.29 is 20.1 Å². The molecule has 0 fully saturated rings. The van der Waals surface area contributed by atoms with Gasteiger partial charge in [-0.3, -0.25) is 4.79 Å². The van der Waals surface area contributed by atoms with Crippen LogP contribution in [0, 0.1) is 27.7 Å². The van der Waals surface area contributed by atoms with E-state index in [0.717, 1.165) is 12.2 Å². The number of hydrogen-bond donors (Lipinski definition) is 1. The molecule has 5 aromatic carbocycles. The maximum atomic E-state index is 12.5. The fourth-order valence-corrected chi connectivity index (χ4v) is 4.60. The number of ether oxygens (including phenoxy) is 1. The predicted molar refractivity (Wildman–Crippen MR) is 194 cm³/mol. The largest absolute Gasteiger partial charge is 0.489 e. The van der Waals surface area contributed by atoms with E-state index in [1.54, 1.807) is 13.0 Å². The van der Waals surface area contributed by atoms with Crippen LogP contribution in [0.25, 0.3) is 0 Å². The number of allylic oxidation sites excluding steroid dienone is 1. The molecule has 0 spiro atoms. The summed E-state index contributed by atoms with van der Waals surface area (Å²) in [6, 6.07) is 40.0. The average molecular weight is 619 g/mol. The summed E-state index contributed by atoms with van der Waals surface area (Å²) in [6.07, 6.45) is 2.78. The lowest BCUT2D eigenvalue weighted by atomic mass is 9.95. The molecule has 46 heavy (non-hydrogen) atoms. The van der Waals surface area contributed by atoms with Crippen LogP contribution >= 0.6 is 0 Å². The Hall–Kier alpha value is -4.77. The van der Waals surface area contributed by atoms with Crippen LogP contribution in [0.2, 0.25) is 0 Å². The quantitative estimate of drug-likeness (QED) is 0.146. The smallest absolute Gasteiger partial charge is 0.193 e. The number of ketones is 1. The normalized spacial score (nSPS) is 9.46. The minimum atomic E-state index is 0. The standard InChI is InChI=1S/C24H24O2.C13H12.C3H6.C2H6O.H2O/c1-16-14-17(2)23(19(4)18(16)3)15-26-22-12-10-21(11-13-22)24(25)20-8-6-5-7-9-20;1-3-7-12(8-4-1)11-13-9-5-2-6-10-13;1-3-2;1-2-3;/h5-14H,15H2,1-4H3;1-10H,11H2;3H,1H2,2H3;3H,2H2,1H3;1H2. The summed E-state index contributed by atoms with van der Waals surface area (Å²) in [5.74, 6) is 0.796. The van der Waals surface area contributed by atoms with Gasteiger partial charge in [-0.15, -0.1) is 6.58 Å². The molecule has 0 unspecified atom stereocenters. The van der Waals surface area contributed by atoms with Gasteiger partial charge in [0.2, 0.25) is 0 Å². The van der Waals surface area contributed by atoms with Gasteiger partial charge in [0.15, 0.2) is 5.78 Å². The summed E-state index contributed by atoms with van der Waals surface area (Å²) < 4.78 is 5.98. The Morgan fingerprint density at radius 3 is 1.57 bits per heavy atom. The average Bonchev–Trinajstić information content (AvgIpc) is 3.06. The number of aliphatic hydroxyl groups excluding tert-OH is 1. The summed E-state index contributed by atoms with van der Waals surface area (Å²) in [4.78, 5) is 12.5. The highest BCUT2D eigenvalue weighted by Crippen LogP contribution is 2.24. The van der Waals surface area contributed by atoms with Gasteiger partial charge in [0.25, 0.3) is 0 Å². The van der Waals surface area contributed by atoms with Gasteiger partial charge in [-0.05, 0) is 111 Å². The van der Waals surface area contributed by atoms with Crippen LogP contribution in [0.5, 0.6) is 5.75 Å². The molecule has 0 aromatic heterocycles. The van der Waals surface area contributed by atoms with Gasteiger partial charge in [0, 0.05) is 17.7 Å². The molecule has 0 bridgehead atoms. The summed E-state index contributed by atoms with van der Waals surface area (Å²) in [5.41, 5.74) is 10.5. The summed E-state index contributed by atoms with van der Waals surface area (Å²) >= 11 is 0. The van der Waals surface area contributed by atoms with Gasteiger partial charge < -0.3 is 15.3 Å². The molecule has 242 valence electrons. The molecule has 0 aliphatic rings. The van der Waals surface area contributed by atoms with Crippen molar-refractivity contribution in [2.24, 2.45) is 0 Å². The maximum Gasteiger partial charge on any atom is 0.193 e. The molecule has 0 radical (unpaired) electrons. The summed E-state index contributed by atoms with van der Waals surface area (Å²) in [7, 11) is 0. The molecule has 5 aromatic rings. The molecular formula is C42H50O4. The van der Waals surface area contributed by atoms with Crippen LogP contribution in [-0.2, 0) is 13.0 Å². The van der Waals surface area contributed by atoms with Gasteiger partial charge >= 0.3 is 0 Å². The molecule has 0 saturated carbocycles. The number of benzene rings is 5. The molecule has 3 N–H and O–H groups in total. The molecule has 0 heterocycles. The fraction of sp³-hybridized carbons (Fsp3) is 0.214. The molecule has 0 atom stereocenters. The summed E-state index contributed by atoms with van der Waals surface area (Å²) in [5, 5.41) is 7.57. The van der Waals surface area contributed by atoms with Crippen molar-refractivity contribution in [3.63, 3.8) is 0 Å². The second kappa shape index (κ2) is 21.9. The number of hydrogen-bond acceptors (Lipinski definition) is 3. The lowest BCUT2D eigenvalue weighted by Gasteiger charge is -2.16. The van der Waals surface area contributed by atoms with Gasteiger partial charge in [-0.1, -0.05) is 103 Å². The Morgan fingerprint density at radius 2 is 1.11 bits per heavy atom. The first-order valence-electron chi connectivity index (χ1n) is 15.4. The highest BCUT2D eigenvalue weighted by Gasteiger charge is 2.11. The Balaban J connectivity index is 0.000000441. The van der Waals surface area contributed by atoms with Crippen molar-refractivity contribution in [2.75, 3.05) is 6.61 Å². The second-order valence-electron chi connectivity index (χ2n) is 10.6.